The van der Waals surface area contributed by atoms with E-state index in [1.807, 2.05) is 4.57 Å². The molecule has 0 unspecified atom stereocenters. The molecule has 1 N–H and O–H groups in total. The number of amides is 1. The van der Waals surface area contributed by atoms with E-state index in [0.29, 0.717) is 17.1 Å². The molecule has 1 saturated carbocycles. The average molecular weight is 442 g/mol. The fourth-order valence-electron chi connectivity index (χ4n) is 4.28. The molecule has 3 aromatic rings. The molecular formula is C23H24F2N4O3. The van der Waals surface area contributed by atoms with Crippen LogP contribution in [0.4, 0.5) is 8.78 Å². The molecule has 2 heterocycles. The number of pyridine rings is 1. The van der Waals surface area contributed by atoms with Crippen LogP contribution in [0.5, 0.6) is 0 Å². The number of carbonyl (C=O) groups is 1. The van der Waals surface area contributed by atoms with Gasteiger partial charge in [-0.15, -0.1) is 10.2 Å². The van der Waals surface area contributed by atoms with Gasteiger partial charge in [-0.1, -0.05) is 31.0 Å². The zero-order valence-electron chi connectivity index (χ0n) is 17.9. The summed E-state index contributed by atoms with van der Waals surface area (Å²) in [5, 5.41) is 10.2. The highest BCUT2D eigenvalue weighted by atomic mass is 19.3. The lowest BCUT2D eigenvalue weighted by Gasteiger charge is -2.22. The van der Waals surface area contributed by atoms with Crippen LogP contribution in [0, 0.1) is 13.8 Å². The van der Waals surface area contributed by atoms with Gasteiger partial charge in [0, 0.05) is 36.0 Å². The van der Waals surface area contributed by atoms with Crippen molar-refractivity contribution in [3.8, 4) is 11.1 Å². The Bertz CT molecular complexity index is 1200. The number of benzene rings is 1. The van der Waals surface area contributed by atoms with E-state index in [1.165, 1.54) is 18.2 Å². The van der Waals surface area contributed by atoms with Crippen molar-refractivity contribution >= 4 is 5.91 Å². The first-order chi connectivity index (χ1) is 15.3. The number of hydrogen-bond acceptors (Lipinski definition) is 5. The van der Waals surface area contributed by atoms with E-state index >= 15 is 0 Å². The van der Waals surface area contributed by atoms with Gasteiger partial charge in [0.05, 0.1) is 6.54 Å². The molecule has 1 aromatic carbocycles. The minimum Gasteiger partial charge on any atom is -0.424 e. The summed E-state index contributed by atoms with van der Waals surface area (Å²) >= 11 is 0. The standard InChI is InChI=1S/C23H24F2N4O3/c1-13-20(15-6-5-7-16(10-15)22(24)25)21(30)18(12-29(13)17-8-3-4-9-17)23(31)26-11-19-28-27-14(2)32-19/h5-7,10,12,17,22H,3-4,8-9,11H2,1-2H3,(H,26,31). The Morgan fingerprint density at radius 1 is 1.25 bits per heavy atom. The number of nitrogens with zero attached hydrogens (tertiary/aromatic N) is 3. The van der Waals surface area contributed by atoms with Crippen molar-refractivity contribution in [2.24, 2.45) is 0 Å². The van der Waals surface area contributed by atoms with Gasteiger partial charge in [0.25, 0.3) is 12.3 Å². The van der Waals surface area contributed by atoms with Crippen LogP contribution in [-0.2, 0) is 6.54 Å². The van der Waals surface area contributed by atoms with Gasteiger partial charge >= 0.3 is 0 Å². The number of alkyl halides is 2. The van der Waals surface area contributed by atoms with Crippen LogP contribution in [0.2, 0.25) is 0 Å². The number of nitrogens with one attached hydrogen (secondary N) is 1. The minimum absolute atomic E-state index is 0.0212. The lowest BCUT2D eigenvalue weighted by Crippen LogP contribution is -2.31. The fourth-order valence-corrected chi connectivity index (χ4v) is 4.28. The molecule has 1 aliphatic carbocycles. The van der Waals surface area contributed by atoms with E-state index in [-0.39, 0.29) is 35.2 Å². The number of rotatable bonds is 6. The molecule has 7 nitrogen and oxygen atoms in total. The maximum atomic E-state index is 13.4. The lowest BCUT2D eigenvalue weighted by molar-refractivity contribution is 0.0945. The zero-order chi connectivity index (χ0) is 22.8. The first kappa shape index (κ1) is 21.9. The lowest BCUT2D eigenvalue weighted by atomic mass is 9.98. The summed E-state index contributed by atoms with van der Waals surface area (Å²) < 4.78 is 33.8. The third kappa shape index (κ3) is 4.32. The van der Waals surface area contributed by atoms with Gasteiger partial charge < -0.3 is 14.3 Å². The topological polar surface area (TPSA) is 90.0 Å². The molecule has 4 rings (SSSR count). The van der Waals surface area contributed by atoms with Gasteiger partial charge in [0.15, 0.2) is 0 Å². The van der Waals surface area contributed by atoms with E-state index in [0.717, 1.165) is 25.7 Å². The fraction of sp³-hybridized carbons (Fsp3) is 0.391. The second-order valence-electron chi connectivity index (χ2n) is 8.00. The molecule has 1 fully saturated rings. The van der Waals surface area contributed by atoms with Crippen molar-refractivity contribution in [2.75, 3.05) is 0 Å². The number of carbonyl (C=O) groups excluding carboxylic acids is 1. The van der Waals surface area contributed by atoms with E-state index in [4.69, 9.17) is 4.42 Å². The molecule has 1 aliphatic rings. The molecule has 1 amide bonds. The Morgan fingerprint density at radius 3 is 2.66 bits per heavy atom. The summed E-state index contributed by atoms with van der Waals surface area (Å²) in [6.07, 6.45) is 2.92. The monoisotopic (exact) mass is 442 g/mol. The van der Waals surface area contributed by atoms with Crippen LogP contribution in [0.1, 0.15) is 71.5 Å². The Morgan fingerprint density at radius 2 is 2.00 bits per heavy atom. The number of aryl methyl sites for hydroxylation is 1. The van der Waals surface area contributed by atoms with Crippen LogP contribution in [0.3, 0.4) is 0 Å². The third-order valence-electron chi connectivity index (χ3n) is 5.85. The predicted molar refractivity (Wildman–Crippen MR) is 114 cm³/mol. The number of aromatic nitrogens is 3. The maximum absolute atomic E-state index is 13.4. The minimum atomic E-state index is -2.66. The van der Waals surface area contributed by atoms with Crippen LogP contribution >= 0.6 is 0 Å². The quantitative estimate of drug-likeness (QED) is 0.607. The molecule has 2 aromatic heterocycles. The van der Waals surface area contributed by atoms with E-state index in [1.54, 1.807) is 26.1 Å². The Hall–Kier alpha value is -3.36. The molecule has 0 atom stereocenters. The summed E-state index contributed by atoms with van der Waals surface area (Å²) in [4.78, 5) is 26.3. The van der Waals surface area contributed by atoms with Crippen molar-refractivity contribution in [1.29, 1.82) is 0 Å². The highest BCUT2D eigenvalue weighted by Gasteiger charge is 2.25. The van der Waals surface area contributed by atoms with Crippen LogP contribution in [0.15, 0.2) is 39.7 Å². The molecule has 32 heavy (non-hydrogen) atoms. The molecular weight excluding hydrogens is 418 g/mol. The zero-order valence-corrected chi connectivity index (χ0v) is 17.9. The highest BCUT2D eigenvalue weighted by Crippen LogP contribution is 2.33. The maximum Gasteiger partial charge on any atom is 0.263 e. The summed E-state index contributed by atoms with van der Waals surface area (Å²) in [5.41, 5.74) is 0.589. The van der Waals surface area contributed by atoms with Crippen molar-refractivity contribution < 1.29 is 18.0 Å². The third-order valence-corrected chi connectivity index (χ3v) is 5.85. The summed E-state index contributed by atoms with van der Waals surface area (Å²) in [6, 6.07) is 5.91. The van der Waals surface area contributed by atoms with E-state index < -0.39 is 17.8 Å². The van der Waals surface area contributed by atoms with Crippen molar-refractivity contribution in [3.63, 3.8) is 0 Å². The van der Waals surface area contributed by atoms with Gasteiger partial charge in [-0.05, 0) is 31.4 Å². The van der Waals surface area contributed by atoms with Gasteiger partial charge in [-0.2, -0.15) is 0 Å². The second kappa shape index (κ2) is 9.02. The van der Waals surface area contributed by atoms with Gasteiger partial charge in [0.1, 0.15) is 5.56 Å². The SMILES string of the molecule is Cc1nnc(CNC(=O)c2cn(C3CCCC3)c(C)c(-c3cccc(C(F)F)c3)c2=O)o1. The van der Waals surface area contributed by atoms with Crippen LogP contribution in [0.25, 0.3) is 11.1 Å². The molecule has 0 bridgehead atoms. The second-order valence-corrected chi connectivity index (χ2v) is 8.00. The first-order valence-electron chi connectivity index (χ1n) is 10.6. The Kier molecular flexibility index (Phi) is 6.16. The highest BCUT2D eigenvalue weighted by molar-refractivity contribution is 5.95. The molecule has 0 radical (unpaired) electrons. The molecule has 168 valence electrons. The molecule has 9 heteroatoms. The number of halogens is 2. The summed E-state index contributed by atoms with van der Waals surface area (Å²) in [7, 11) is 0. The van der Waals surface area contributed by atoms with Crippen LogP contribution in [-0.4, -0.2) is 20.7 Å². The summed E-state index contributed by atoms with van der Waals surface area (Å²) in [5.74, 6) is 0.0159. The van der Waals surface area contributed by atoms with E-state index in [9.17, 15) is 18.4 Å². The molecule has 0 aliphatic heterocycles. The largest absolute Gasteiger partial charge is 0.424 e. The number of hydrogen-bond donors (Lipinski definition) is 1. The van der Waals surface area contributed by atoms with Crippen molar-refractivity contribution in [3.05, 3.63) is 69.3 Å². The molecule has 0 spiro atoms. The summed E-state index contributed by atoms with van der Waals surface area (Å²) in [6.45, 7) is 3.41. The van der Waals surface area contributed by atoms with Gasteiger partial charge in [-0.25, -0.2) is 8.78 Å². The van der Waals surface area contributed by atoms with Gasteiger partial charge in [0.2, 0.25) is 17.2 Å². The van der Waals surface area contributed by atoms with Crippen LogP contribution < -0.4 is 10.7 Å². The van der Waals surface area contributed by atoms with Crippen molar-refractivity contribution in [2.45, 2.75) is 58.5 Å². The Labute approximate surface area is 183 Å². The van der Waals surface area contributed by atoms with Crippen molar-refractivity contribution in [1.82, 2.24) is 20.1 Å². The normalized spacial score (nSPS) is 14.3. The predicted octanol–water partition coefficient (Wildman–Crippen LogP) is 4.50. The van der Waals surface area contributed by atoms with E-state index in [2.05, 4.69) is 15.5 Å². The average Bonchev–Trinajstić information content (AvgIpc) is 3.44. The Balaban J connectivity index is 1.78. The smallest absolute Gasteiger partial charge is 0.263 e. The first-order valence-corrected chi connectivity index (χ1v) is 10.6. The van der Waals surface area contributed by atoms with Gasteiger partial charge in [-0.3, -0.25) is 9.59 Å². The molecule has 0 saturated heterocycles.